The highest BCUT2D eigenvalue weighted by atomic mass is 16.3. The minimum absolute atomic E-state index is 0.270. The first-order chi connectivity index (χ1) is 7.15. The molecule has 0 aliphatic rings. The molecule has 3 heteroatoms. The van der Waals surface area contributed by atoms with E-state index in [9.17, 15) is 5.11 Å². The van der Waals surface area contributed by atoms with Crippen LogP contribution in [0.5, 0.6) is 5.75 Å². The van der Waals surface area contributed by atoms with E-state index in [1.807, 2.05) is 6.07 Å². The largest absolute Gasteiger partial charge is 0.508 e. The van der Waals surface area contributed by atoms with Crippen molar-refractivity contribution in [2.75, 3.05) is 0 Å². The molecule has 15 heavy (non-hydrogen) atoms. The van der Waals surface area contributed by atoms with Crippen molar-refractivity contribution >= 4 is 11.0 Å². The second-order valence-electron chi connectivity index (χ2n) is 3.97. The number of aromatic hydroxyl groups is 1. The molecule has 0 amide bonds. The van der Waals surface area contributed by atoms with Gasteiger partial charge in [0.1, 0.15) is 17.1 Å². The van der Waals surface area contributed by atoms with E-state index in [0.29, 0.717) is 12.6 Å². The van der Waals surface area contributed by atoms with Crippen LogP contribution >= 0.6 is 0 Å². The number of hydrogen-bond acceptors (Lipinski definition) is 3. The van der Waals surface area contributed by atoms with Gasteiger partial charge in [-0.15, -0.1) is 0 Å². The van der Waals surface area contributed by atoms with Crippen LogP contribution in [0.1, 0.15) is 19.6 Å². The zero-order chi connectivity index (χ0) is 10.8. The van der Waals surface area contributed by atoms with Gasteiger partial charge in [0.2, 0.25) is 0 Å². The average molecular weight is 205 g/mol. The Labute approximate surface area is 88.7 Å². The van der Waals surface area contributed by atoms with Crippen LogP contribution in [0.25, 0.3) is 11.0 Å². The lowest BCUT2D eigenvalue weighted by atomic mass is 10.2. The molecule has 0 saturated heterocycles. The summed E-state index contributed by atoms with van der Waals surface area (Å²) in [7, 11) is 0. The van der Waals surface area contributed by atoms with E-state index in [2.05, 4.69) is 19.2 Å². The van der Waals surface area contributed by atoms with Crippen LogP contribution in [-0.4, -0.2) is 11.1 Å². The Morgan fingerprint density at radius 2 is 2.13 bits per heavy atom. The summed E-state index contributed by atoms with van der Waals surface area (Å²) in [4.78, 5) is 0. The number of furan rings is 1. The lowest BCUT2D eigenvalue weighted by Gasteiger charge is -2.04. The van der Waals surface area contributed by atoms with Gasteiger partial charge in [-0.3, -0.25) is 0 Å². The predicted molar refractivity (Wildman–Crippen MR) is 59.9 cm³/mol. The second kappa shape index (κ2) is 3.95. The number of fused-ring (bicyclic) bond motifs is 1. The fourth-order valence-corrected chi connectivity index (χ4v) is 1.48. The molecular formula is C12H15NO2. The maximum absolute atomic E-state index is 9.30. The third kappa shape index (κ3) is 2.30. The number of benzene rings is 1. The molecular weight excluding hydrogens is 190 g/mol. The molecule has 0 unspecified atom stereocenters. The van der Waals surface area contributed by atoms with Crippen LogP contribution in [0.2, 0.25) is 0 Å². The molecule has 0 bridgehead atoms. The van der Waals surface area contributed by atoms with E-state index in [1.54, 1.807) is 18.2 Å². The molecule has 2 N–H and O–H groups in total. The molecule has 1 aromatic heterocycles. The Balaban J connectivity index is 2.23. The minimum atomic E-state index is 0.270. The van der Waals surface area contributed by atoms with E-state index in [1.165, 1.54) is 0 Å². The quantitative estimate of drug-likeness (QED) is 0.809. The van der Waals surface area contributed by atoms with Gasteiger partial charge >= 0.3 is 0 Å². The van der Waals surface area contributed by atoms with Crippen LogP contribution in [0, 0.1) is 0 Å². The predicted octanol–water partition coefficient (Wildman–Crippen LogP) is 2.64. The Hall–Kier alpha value is -1.48. The zero-order valence-corrected chi connectivity index (χ0v) is 8.95. The van der Waals surface area contributed by atoms with Crippen molar-refractivity contribution in [3.05, 3.63) is 30.0 Å². The van der Waals surface area contributed by atoms with Crippen molar-refractivity contribution in [2.45, 2.75) is 26.4 Å². The third-order valence-corrected chi connectivity index (χ3v) is 2.24. The van der Waals surface area contributed by atoms with Crippen molar-refractivity contribution in [3.8, 4) is 5.75 Å². The second-order valence-corrected chi connectivity index (χ2v) is 3.97. The maximum atomic E-state index is 9.30. The average Bonchev–Trinajstić information content (AvgIpc) is 2.56. The fraction of sp³-hybridized carbons (Fsp3) is 0.333. The fourth-order valence-electron chi connectivity index (χ4n) is 1.48. The smallest absolute Gasteiger partial charge is 0.134 e. The summed E-state index contributed by atoms with van der Waals surface area (Å²) < 4.78 is 5.60. The van der Waals surface area contributed by atoms with E-state index in [4.69, 9.17) is 4.42 Å². The number of nitrogens with one attached hydrogen (secondary N) is 1. The summed E-state index contributed by atoms with van der Waals surface area (Å²) >= 11 is 0. The minimum Gasteiger partial charge on any atom is -0.508 e. The first-order valence-corrected chi connectivity index (χ1v) is 5.10. The molecule has 0 saturated carbocycles. The first kappa shape index (κ1) is 10.1. The van der Waals surface area contributed by atoms with Crippen LogP contribution in [0.4, 0.5) is 0 Å². The molecule has 3 nitrogen and oxygen atoms in total. The van der Waals surface area contributed by atoms with E-state index >= 15 is 0 Å². The van der Waals surface area contributed by atoms with Gasteiger partial charge < -0.3 is 14.8 Å². The van der Waals surface area contributed by atoms with Gasteiger partial charge in [-0.1, -0.05) is 13.8 Å². The summed E-state index contributed by atoms with van der Waals surface area (Å²) in [6.45, 7) is 4.90. The van der Waals surface area contributed by atoms with Gasteiger partial charge in [0, 0.05) is 11.4 Å². The number of rotatable bonds is 3. The molecule has 0 spiro atoms. The molecule has 0 aliphatic carbocycles. The first-order valence-electron chi connectivity index (χ1n) is 5.10. The van der Waals surface area contributed by atoms with E-state index in [-0.39, 0.29) is 5.75 Å². The maximum Gasteiger partial charge on any atom is 0.134 e. The Kier molecular flexibility index (Phi) is 2.64. The Morgan fingerprint density at radius 3 is 2.87 bits per heavy atom. The number of phenols is 1. The van der Waals surface area contributed by atoms with Crippen molar-refractivity contribution in [3.63, 3.8) is 0 Å². The van der Waals surface area contributed by atoms with Crippen LogP contribution in [-0.2, 0) is 6.54 Å². The standard InChI is InChI=1S/C12H15NO2/c1-8(2)13-7-11-6-9-5-10(14)3-4-12(9)15-11/h3-6,8,13-14H,7H2,1-2H3. The lowest BCUT2D eigenvalue weighted by molar-refractivity contribution is 0.474. The van der Waals surface area contributed by atoms with Gasteiger partial charge in [0.25, 0.3) is 0 Å². The number of phenolic OH excluding ortho intramolecular Hbond substituents is 1. The molecule has 0 aliphatic heterocycles. The third-order valence-electron chi connectivity index (χ3n) is 2.24. The summed E-state index contributed by atoms with van der Waals surface area (Å²) in [5.74, 6) is 1.16. The monoisotopic (exact) mass is 205 g/mol. The van der Waals surface area contributed by atoms with E-state index < -0.39 is 0 Å². The number of hydrogen-bond donors (Lipinski definition) is 2. The van der Waals surface area contributed by atoms with Gasteiger partial charge in [0.05, 0.1) is 6.54 Å². The lowest BCUT2D eigenvalue weighted by Crippen LogP contribution is -2.21. The molecule has 0 radical (unpaired) electrons. The summed E-state index contributed by atoms with van der Waals surface area (Å²) in [6, 6.07) is 7.50. The van der Waals surface area contributed by atoms with Crippen molar-refractivity contribution < 1.29 is 9.52 Å². The molecule has 1 heterocycles. The van der Waals surface area contributed by atoms with Crippen LogP contribution in [0.3, 0.4) is 0 Å². The summed E-state index contributed by atoms with van der Waals surface area (Å²) in [6.07, 6.45) is 0. The Bertz CT molecular complexity index is 460. The molecule has 80 valence electrons. The van der Waals surface area contributed by atoms with Gasteiger partial charge in [-0.05, 0) is 24.3 Å². The highest BCUT2D eigenvalue weighted by molar-refractivity contribution is 5.79. The highest BCUT2D eigenvalue weighted by Gasteiger charge is 2.04. The van der Waals surface area contributed by atoms with Crippen LogP contribution in [0.15, 0.2) is 28.7 Å². The summed E-state index contributed by atoms with van der Waals surface area (Å²) in [5.41, 5.74) is 0.813. The molecule has 2 rings (SSSR count). The molecule has 2 aromatic rings. The highest BCUT2D eigenvalue weighted by Crippen LogP contribution is 2.23. The SMILES string of the molecule is CC(C)NCc1cc2cc(O)ccc2o1. The van der Waals surface area contributed by atoms with Gasteiger partial charge in [-0.2, -0.15) is 0 Å². The van der Waals surface area contributed by atoms with Crippen molar-refractivity contribution in [2.24, 2.45) is 0 Å². The van der Waals surface area contributed by atoms with E-state index in [0.717, 1.165) is 16.7 Å². The molecule has 0 atom stereocenters. The van der Waals surface area contributed by atoms with Gasteiger partial charge in [-0.25, -0.2) is 0 Å². The van der Waals surface area contributed by atoms with Crippen molar-refractivity contribution in [1.29, 1.82) is 0 Å². The molecule has 0 fully saturated rings. The van der Waals surface area contributed by atoms with Crippen LogP contribution < -0.4 is 5.32 Å². The van der Waals surface area contributed by atoms with Crippen molar-refractivity contribution in [1.82, 2.24) is 5.32 Å². The summed E-state index contributed by atoms with van der Waals surface area (Å²) in [5, 5.41) is 13.5. The topological polar surface area (TPSA) is 45.4 Å². The zero-order valence-electron chi connectivity index (χ0n) is 8.95. The van der Waals surface area contributed by atoms with Gasteiger partial charge in [0.15, 0.2) is 0 Å². The normalized spacial score (nSPS) is 11.4. The Morgan fingerprint density at radius 1 is 1.33 bits per heavy atom. The molecule has 1 aromatic carbocycles.